The number of nitrogens with two attached hydrogens (primary N) is 1. The molecule has 0 aromatic heterocycles. The lowest BCUT2D eigenvalue weighted by molar-refractivity contribution is 0.264. The summed E-state index contributed by atoms with van der Waals surface area (Å²) in [5, 5.41) is 8.85. The lowest BCUT2D eigenvalue weighted by atomic mass is 10.1. The van der Waals surface area contributed by atoms with Gasteiger partial charge in [-0.05, 0) is 34.0 Å². The Morgan fingerprint density at radius 3 is 2.86 bits per heavy atom. The van der Waals surface area contributed by atoms with Crippen LogP contribution in [-0.2, 0) is 6.42 Å². The van der Waals surface area contributed by atoms with Crippen LogP contribution in [0.4, 0.5) is 0 Å². The third kappa shape index (κ3) is 2.70. The van der Waals surface area contributed by atoms with Gasteiger partial charge in [0.05, 0.1) is 18.2 Å². The number of aliphatic hydroxyl groups excluding tert-OH is 1. The van der Waals surface area contributed by atoms with Crippen LogP contribution < -0.4 is 10.5 Å². The van der Waals surface area contributed by atoms with Gasteiger partial charge in [0.25, 0.3) is 0 Å². The first-order chi connectivity index (χ1) is 6.69. The highest BCUT2D eigenvalue weighted by molar-refractivity contribution is 9.10. The summed E-state index contributed by atoms with van der Waals surface area (Å²) in [5.74, 6) is 0.788. The summed E-state index contributed by atoms with van der Waals surface area (Å²) in [6, 6.07) is 5.54. The molecule has 14 heavy (non-hydrogen) atoms. The second-order valence-electron chi connectivity index (χ2n) is 3.08. The summed E-state index contributed by atoms with van der Waals surface area (Å²) in [6.07, 6.45) is 0.610. The molecular weight excluding hydrogens is 246 g/mol. The first kappa shape index (κ1) is 11.5. The zero-order valence-corrected chi connectivity index (χ0v) is 9.62. The van der Waals surface area contributed by atoms with Gasteiger partial charge in [-0.15, -0.1) is 0 Å². The van der Waals surface area contributed by atoms with Gasteiger partial charge in [-0.1, -0.05) is 12.1 Å². The summed E-state index contributed by atoms with van der Waals surface area (Å²) in [7, 11) is 1.62. The molecule has 3 N–H and O–H groups in total. The molecule has 1 rings (SSSR count). The van der Waals surface area contributed by atoms with E-state index < -0.39 is 0 Å². The molecule has 0 bridgehead atoms. The number of ether oxygens (including phenoxy) is 1. The van der Waals surface area contributed by atoms with Crippen LogP contribution in [0.15, 0.2) is 22.7 Å². The van der Waals surface area contributed by atoms with E-state index >= 15 is 0 Å². The van der Waals surface area contributed by atoms with Crippen molar-refractivity contribution >= 4 is 15.9 Å². The monoisotopic (exact) mass is 259 g/mol. The van der Waals surface area contributed by atoms with E-state index in [1.807, 2.05) is 18.2 Å². The molecule has 1 aromatic rings. The topological polar surface area (TPSA) is 55.5 Å². The maximum atomic E-state index is 8.85. The summed E-state index contributed by atoms with van der Waals surface area (Å²) < 4.78 is 6.14. The Labute approximate surface area is 92.0 Å². The molecule has 0 aliphatic rings. The van der Waals surface area contributed by atoms with E-state index in [-0.39, 0.29) is 12.6 Å². The molecule has 4 heteroatoms. The molecule has 0 spiro atoms. The van der Waals surface area contributed by atoms with E-state index in [4.69, 9.17) is 15.6 Å². The van der Waals surface area contributed by atoms with Crippen LogP contribution in [0.5, 0.6) is 5.75 Å². The van der Waals surface area contributed by atoms with Crippen LogP contribution in [0, 0.1) is 0 Å². The van der Waals surface area contributed by atoms with Crippen molar-refractivity contribution in [2.75, 3.05) is 13.7 Å². The van der Waals surface area contributed by atoms with Crippen molar-refractivity contribution in [1.29, 1.82) is 0 Å². The Balaban J connectivity index is 2.90. The summed E-state index contributed by atoms with van der Waals surface area (Å²) in [6.45, 7) is -0.0182. The molecule has 0 fully saturated rings. The number of hydrogen-bond donors (Lipinski definition) is 2. The molecule has 3 nitrogen and oxygen atoms in total. The van der Waals surface area contributed by atoms with E-state index in [1.165, 1.54) is 0 Å². The van der Waals surface area contributed by atoms with Gasteiger partial charge in [0, 0.05) is 6.04 Å². The molecule has 1 aromatic carbocycles. The highest BCUT2D eigenvalue weighted by atomic mass is 79.9. The first-order valence-corrected chi connectivity index (χ1v) is 5.16. The molecule has 1 atom stereocenters. The average Bonchev–Trinajstić information content (AvgIpc) is 2.18. The van der Waals surface area contributed by atoms with Gasteiger partial charge in [0.15, 0.2) is 0 Å². The van der Waals surface area contributed by atoms with Gasteiger partial charge < -0.3 is 15.6 Å². The van der Waals surface area contributed by atoms with Crippen molar-refractivity contribution in [2.24, 2.45) is 5.73 Å². The molecule has 0 radical (unpaired) electrons. The van der Waals surface area contributed by atoms with Crippen molar-refractivity contribution in [3.8, 4) is 5.75 Å². The van der Waals surface area contributed by atoms with E-state index in [0.717, 1.165) is 15.8 Å². The third-order valence-electron chi connectivity index (χ3n) is 1.97. The molecule has 0 saturated carbocycles. The molecular formula is C10H14BrNO2. The standard InChI is InChI=1S/C10H14BrNO2/c1-14-10-7(5-8(12)6-13)3-2-4-9(10)11/h2-4,8,13H,5-6,12H2,1H3. The van der Waals surface area contributed by atoms with Crippen LogP contribution in [0.25, 0.3) is 0 Å². The fourth-order valence-corrected chi connectivity index (χ4v) is 1.86. The number of hydrogen-bond acceptors (Lipinski definition) is 3. The fraction of sp³-hybridized carbons (Fsp3) is 0.400. The lowest BCUT2D eigenvalue weighted by Gasteiger charge is -2.13. The van der Waals surface area contributed by atoms with Crippen LogP contribution in [-0.4, -0.2) is 24.9 Å². The molecule has 0 saturated heterocycles. The zero-order valence-electron chi connectivity index (χ0n) is 8.03. The van der Waals surface area contributed by atoms with Crippen LogP contribution in [0.1, 0.15) is 5.56 Å². The molecule has 0 aliphatic carbocycles. The van der Waals surface area contributed by atoms with E-state index in [2.05, 4.69) is 15.9 Å². The minimum atomic E-state index is -0.238. The maximum absolute atomic E-state index is 8.85. The predicted molar refractivity (Wildman–Crippen MR) is 59.5 cm³/mol. The van der Waals surface area contributed by atoms with Crippen LogP contribution in [0.2, 0.25) is 0 Å². The van der Waals surface area contributed by atoms with E-state index in [1.54, 1.807) is 7.11 Å². The molecule has 78 valence electrons. The molecule has 0 amide bonds. The summed E-state index contributed by atoms with van der Waals surface area (Å²) in [5.41, 5.74) is 6.66. The quantitative estimate of drug-likeness (QED) is 0.858. The minimum Gasteiger partial charge on any atom is -0.495 e. The number of methoxy groups -OCH3 is 1. The van der Waals surface area contributed by atoms with Gasteiger partial charge in [0.2, 0.25) is 0 Å². The number of aliphatic hydroxyl groups is 1. The van der Waals surface area contributed by atoms with Gasteiger partial charge in [-0.3, -0.25) is 0 Å². The Bertz CT molecular complexity index is 304. The smallest absolute Gasteiger partial charge is 0.136 e. The van der Waals surface area contributed by atoms with Gasteiger partial charge >= 0.3 is 0 Å². The normalized spacial score (nSPS) is 12.6. The number of halogens is 1. The number of benzene rings is 1. The van der Waals surface area contributed by atoms with Crippen LogP contribution >= 0.6 is 15.9 Å². The minimum absolute atomic E-state index is 0.0182. The van der Waals surface area contributed by atoms with Gasteiger partial charge in [-0.25, -0.2) is 0 Å². The van der Waals surface area contributed by atoms with E-state index in [0.29, 0.717) is 6.42 Å². The molecule has 0 aliphatic heterocycles. The third-order valence-corrected chi connectivity index (χ3v) is 2.59. The Morgan fingerprint density at radius 2 is 2.29 bits per heavy atom. The summed E-state index contributed by atoms with van der Waals surface area (Å²) in [4.78, 5) is 0. The SMILES string of the molecule is COc1c(Br)cccc1CC(N)CO. The van der Waals surface area contributed by atoms with Crippen molar-refractivity contribution < 1.29 is 9.84 Å². The number of rotatable bonds is 4. The molecule has 0 heterocycles. The average molecular weight is 260 g/mol. The summed E-state index contributed by atoms with van der Waals surface area (Å²) >= 11 is 3.39. The highest BCUT2D eigenvalue weighted by Gasteiger charge is 2.09. The van der Waals surface area contributed by atoms with Crippen molar-refractivity contribution in [2.45, 2.75) is 12.5 Å². The fourth-order valence-electron chi connectivity index (χ4n) is 1.29. The largest absolute Gasteiger partial charge is 0.495 e. The van der Waals surface area contributed by atoms with Gasteiger partial charge in [0.1, 0.15) is 5.75 Å². The molecule has 1 unspecified atom stereocenters. The van der Waals surface area contributed by atoms with Crippen LogP contribution in [0.3, 0.4) is 0 Å². The highest BCUT2D eigenvalue weighted by Crippen LogP contribution is 2.29. The lowest BCUT2D eigenvalue weighted by Crippen LogP contribution is -2.27. The van der Waals surface area contributed by atoms with Crippen molar-refractivity contribution in [3.05, 3.63) is 28.2 Å². The maximum Gasteiger partial charge on any atom is 0.136 e. The van der Waals surface area contributed by atoms with Gasteiger partial charge in [-0.2, -0.15) is 0 Å². The second kappa shape index (κ2) is 5.34. The Kier molecular flexibility index (Phi) is 4.38. The first-order valence-electron chi connectivity index (χ1n) is 4.36. The Morgan fingerprint density at radius 1 is 1.57 bits per heavy atom. The van der Waals surface area contributed by atoms with E-state index in [9.17, 15) is 0 Å². The second-order valence-corrected chi connectivity index (χ2v) is 3.93. The van der Waals surface area contributed by atoms with Crippen molar-refractivity contribution in [3.63, 3.8) is 0 Å². The zero-order chi connectivity index (χ0) is 10.6. The Hall–Kier alpha value is -0.580. The number of para-hydroxylation sites is 1. The predicted octanol–water partition coefficient (Wildman–Crippen LogP) is 1.32. The van der Waals surface area contributed by atoms with Crippen molar-refractivity contribution in [1.82, 2.24) is 0 Å².